The van der Waals surface area contributed by atoms with Gasteiger partial charge in [0.2, 0.25) is 5.91 Å². The molecule has 120 valence electrons. The molecule has 0 aliphatic rings. The number of hydrogen-bond donors (Lipinski definition) is 2. The minimum absolute atomic E-state index is 0. The van der Waals surface area contributed by atoms with E-state index in [2.05, 4.69) is 5.32 Å². The summed E-state index contributed by atoms with van der Waals surface area (Å²) in [7, 11) is 1.60. The van der Waals surface area contributed by atoms with Crippen LogP contribution in [-0.2, 0) is 9.53 Å². The van der Waals surface area contributed by atoms with Crippen LogP contribution in [0.1, 0.15) is 31.9 Å². The topological polar surface area (TPSA) is 64.3 Å². The maximum Gasteiger partial charge on any atom is 0.237 e. The van der Waals surface area contributed by atoms with Crippen molar-refractivity contribution in [2.75, 3.05) is 13.7 Å². The van der Waals surface area contributed by atoms with Crippen molar-refractivity contribution < 1.29 is 9.53 Å². The molecule has 1 aromatic carbocycles. The number of nitrogens with one attached hydrogen (secondary N) is 1. The zero-order valence-corrected chi connectivity index (χ0v) is 14.2. The Hall–Kier alpha value is -0.810. The fourth-order valence-corrected chi connectivity index (χ4v) is 2.18. The van der Waals surface area contributed by atoms with Gasteiger partial charge >= 0.3 is 0 Å². The quantitative estimate of drug-likeness (QED) is 0.805. The van der Waals surface area contributed by atoms with E-state index in [1.54, 1.807) is 13.2 Å². The second-order valence-electron chi connectivity index (χ2n) is 5.26. The molecular weight excluding hydrogens is 311 g/mol. The highest BCUT2D eigenvalue weighted by Gasteiger charge is 2.17. The number of methoxy groups -OCH3 is 1. The second-order valence-corrected chi connectivity index (χ2v) is 5.70. The number of rotatable bonds is 7. The van der Waals surface area contributed by atoms with Crippen LogP contribution in [0.2, 0.25) is 5.02 Å². The first kappa shape index (κ1) is 20.2. The van der Waals surface area contributed by atoms with E-state index in [4.69, 9.17) is 22.1 Å². The van der Waals surface area contributed by atoms with Crippen molar-refractivity contribution in [1.29, 1.82) is 0 Å². The van der Waals surface area contributed by atoms with Crippen molar-refractivity contribution in [3.63, 3.8) is 0 Å². The summed E-state index contributed by atoms with van der Waals surface area (Å²) < 4.78 is 5.39. The van der Waals surface area contributed by atoms with Gasteiger partial charge in [-0.15, -0.1) is 12.4 Å². The fraction of sp³-hybridized carbons (Fsp3) is 0.533. The number of ether oxygens (including phenoxy) is 1. The molecule has 4 nitrogen and oxygen atoms in total. The van der Waals surface area contributed by atoms with Crippen molar-refractivity contribution in [2.45, 2.75) is 32.4 Å². The molecule has 1 rings (SSSR count). The number of hydrogen-bond acceptors (Lipinski definition) is 3. The van der Waals surface area contributed by atoms with E-state index >= 15 is 0 Å². The molecule has 3 N–H and O–H groups in total. The van der Waals surface area contributed by atoms with Crippen LogP contribution < -0.4 is 11.1 Å². The van der Waals surface area contributed by atoms with Gasteiger partial charge < -0.3 is 15.8 Å². The maximum absolute atomic E-state index is 11.9. The molecular formula is C15H24Cl2N2O2. The van der Waals surface area contributed by atoms with Crippen molar-refractivity contribution in [3.8, 4) is 0 Å². The predicted molar refractivity (Wildman–Crippen MR) is 88.9 cm³/mol. The summed E-state index contributed by atoms with van der Waals surface area (Å²) in [5.74, 6) is 0.240. The van der Waals surface area contributed by atoms with Crippen LogP contribution in [0.25, 0.3) is 0 Å². The molecule has 0 fully saturated rings. The molecule has 0 saturated carbocycles. The molecule has 1 unspecified atom stereocenters. The van der Waals surface area contributed by atoms with Crippen LogP contribution in [0.3, 0.4) is 0 Å². The lowest BCUT2D eigenvalue weighted by atomic mass is 10.0. The standard InChI is InChI=1S/C15H23ClN2O2.ClH/c1-10(2)7-13(17)15(19)18-9-14(20-3)11-5-4-6-12(16)8-11;/h4-6,8,10,13-14H,7,9,17H2,1-3H3,(H,18,19);1H/t13-,14?;/m0./s1. The van der Waals surface area contributed by atoms with Crippen LogP contribution in [0.5, 0.6) is 0 Å². The highest BCUT2D eigenvalue weighted by molar-refractivity contribution is 6.30. The molecule has 0 bridgehead atoms. The first-order valence-corrected chi connectivity index (χ1v) is 7.13. The van der Waals surface area contributed by atoms with Gasteiger partial charge in [0.1, 0.15) is 0 Å². The number of benzene rings is 1. The molecule has 0 aromatic heterocycles. The molecule has 0 aliphatic heterocycles. The normalized spacial score (nSPS) is 13.4. The molecule has 0 heterocycles. The number of carbonyl (C=O) groups is 1. The third-order valence-electron chi connectivity index (χ3n) is 3.03. The third-order valence-corrected chi connectivity index (χ3v) is 3.26. The largest absolute Gasteiger partial charge is 0.375 e. The lowest BCUT2D eigenvalue weighted by Gasteiger charge is -2.19. The van der Waals surface area contributed by atoms with Crippen LogP contribution in [0, 0.1) is 5.92 Å². The molecule has 1 aromatic rings. The zero-order valence-electron chi connectivity index (χ0n) is 12.6. The lowest BCUT2D eigenvalue weighted by molar-refractivity contribution is -0.123. The molecule has 0 aliphatic carbocycles. The summed E-state index contributed by atoms with van der Waals surface area (Å²) in [6, 6.07) is 6.92. The molecule has 6 heteroatoms. The molecule has 0 radical (unpaired) electrons. The highest BCUT2D eigenvalue weighted by Crippen LogP contribution is 2.19. The van der Waals surface area contributed by atoms with Gasteiger partial charge in [0.25, 0.3) is 0 Å². The first-order valence-electron chi connectivity index (χ1n) is 6.75. The van der Waals surface area contributed by atoms with E-state index in [0.29, 0.717) is 23.9 Å². The Labute approximate surface area is 137 Å². The Morgan fingerprint density at radius 2 is 2.10 bits per heavy atom. The van der Waals surface area contributed by atoms with Gasteiger partial charge in [-0.3, -0.25) is 4.79 Å². The van der Waals surface area contributed by atoms with Crippen molar-refractivity contribution >= 4 is 29.9 Å². The number of amides is 1. The number of nitrogens with two attached hydrogens (primary N) is 1. The monoisotopic (exact) mass is 334 g/mol. The average Bonchev–Trinajstić information content (AvgIpc) is 2.38. The Balaban J connectivity index is 0.00000400. The van der Waals surface area contributed by atoms with Gasteiger partial charge in [-0.05, 0) is 30.0 Å². The summed E-state index contributed by atoms with van der Waals surface area (Å²) in [5, 5.41) is 3.47. The van der Waals surface area contributed by atoms with E-state index in [1.807, 2.05) is 32.0 Å². The van der Waals surface area contributed by atoms with Crippen LogP contribution >= 0.6 is 24.0 Å². The fourth-order valence-electron chi connectivity index (χ4n) is 1.98. The van der Waals surface area contributed by atoms with Crippen LogP contribution in [0.15, 0.2) is 24.3 Å². The van der Waals surface area contributed by atoms with Crippen LogP contribution in [0.4, 0.5) is 0 Å². The first-order chi connectivity index (χ1) is 9.43. The van der Waals surface area contributed by atoms with Gasteiger partial charge in [0, 0.05) is 18.7 Å². The van der Waals surface area contributed by atoms with E-state index in [0.717, 1.165) is 5.56 Å². The van der Waals surface area contributed by atoms with Gasteiger partial charge in [-0.2, -0.15) is 0 Å². The Morgan fingerprint density at radius 1 is 1.43 bits per heavy atom. The Bertz CT molecular complexity index is 441. The average molecular weight is 335 g/mol. The minimum Gasteiger partial charge on any atom is -0.375 e. The van der Waals surface area contributed by atoms with E-state index in [9.17, 15) is 4.79 Å². The van der Waals surface area contributed by atoms with E-state index in [-0.39, 0.29) is 24.4 Å². The predicted octanol–water partition coefficient (Wildman–Crippen LogP) is 2.94. The van der Waals surface area contributed by atoms with E-state index in [1.165, 1.54) is 0 Å². The third kappa shape index (κ3) is 7.14. The molecule has 0 spiro atoms. The summed E-state index contributed by atoms with van der Waals surface area (Å²) in [6.07, 6.45) is 0.435. The minimum atomic E-state index is -0.480. The summed E-state index contributed by atoms with van der Waals surface area (Å²) >= 11 is 5.95. The second kappa shape index (κ2) is 10.0. The van der Waals surface area contributed by atoms with Gasteiger partial charge in [-0.25, -0.2) is 0 Å². The smallest absolute Gasteiger partial charge is 0.237 e. The highest BCUT2D eigenvalue weighted by atomic mass is 35.5. The molecule has 0 saturated heterocycles. The van der Waals surface area contributed by atoms with Crippen molar-refractivity contribution in [1.82, 2.24) is 5.32 Å². The van der Waals surface area contributed by atoms with Gasteiger partial charge in [-0.1, -0.05) is 37.6 Å². The van der Waals surface area contributed by atoms with Crippen molar-refractivity contribution in [2.24, 2.45) is 11.7 Å². The maximum atomic E-state index is 11.9. The summed E-state index contributed by atoms with van der Waals surface area (Å²) in [6.45, 7) is 4.45. The number of halogens is 2. The molecule has 2 atom stereocenters. The SMILES string of the molecule is COC(CNC(=O)[C@@H](N)CC(C)C)c1cccc(Cl)c1.Cl. The zero-order chi connectivity index (χ0) is 15.1. The Morgan fingerprint density at radius 3 is 2.62 bits per heavy atom. The summed E-state index contributed by atoms with van der Waals surface area (Å²) in [4.78, 5) is 11.9. The van der Waals surface area contributed by atoms with Gasteiger partial charge in [0.05, 0.1) is 12.1 Å². The lowest BCUT2D eigenvalue weighted by Crippen LogP contribution is -2.43. The van der Waals surface area contributed by atoms with Gasteiger partial charge in [0.15, 0.2) is 0 Å². The molecule has 21 heavy (non-hydrogen) atoms. The number of carbonyl (C=O) groups excluding carboxylic acids is 1. The van der Waals surface area contributed by atoms with E-state index < -0.39 is 6.04 Å². The van der Waals surface area contributed by atoms with Crippen LogP contribution in [-0.4, -0.2) is 25.6 Å². The summed E-state index contributed by atoms with van der Waals surface area (Å²) in [5.41, 5.74) is 6.76. The molecule has 1 amide bonds. The Kier molecular flexibility index (Phi) is 9.62. The van der Waals surface area contributed by atoms with Crippen molar-refractivity contribution in [3.05, 3.63) is 34.9 Å².